The molecule has 0 amide bonds. The van der Waals surface area contributed by atoms with Gasteiger partial charge in [0.1, 0.15) is 16.8 Å². The van der Waals surface area contributed by atoms with Crippen LogP contribution in [0.1, 0.15) is 51.9 Å². The molecule has 1 aromatic heterocycles. The summed E-state index contributed by atoms with van der Waals surface area (Å²) in [6.45, 7) is 10.7. The molecule has 1 aromatic rings. The van der Waals surface area contributed by atoms with Crippen LogP contribution < -0.4 is 5.32 Å². The summed E-state index contributed by atoms with van der Waals surface area (Å²) in [6.07, 6.45) is 1.19. The van der Waals surface area contributed by atoms with E-state index in [9.17, 15) is 5.11 Å². The molecular weight excluding hydrogens is 262 g/mol. The second kappa shape index (κ2) is 6.53. The Bertz CT molecular complexity index is 429. The largest absolute Gasteiger partial charge is 0.393 e. The van der Waals surface area contributed by atoms with Gasteiger partial charge in [-0.3, -0.25) is 0 Å². The van der Waals surface area contributed by atoms with Crippen LogP contribution in [0, 0.1) is 6.92 Å². The quantitative estimate of drug-likeness (QED) is 0.815. The number of nitrogens with one attached hydrogen (secondary N) is 1. The molecule has 1 heterocycles. The van der Waals surface area contributed by atoms with Crippen LogP contribution in [0.3, 0.4) is 0 Å². The fourth-order valence-corrected chi connectivity index (χ4v) is 1.73. The Morgan fingerprint density at radius 1 is 1.32 bits per heavy atom. The van der Waals surface area contributed by atoms with E-state index in [1.165, 1.54) is 0 Å². The summed E-state index contributed by atoms with van der Waals surface area (Å²) in [7, 11) is 0. The minimum Gasteiger partial charge on any atom is -0.393 e. The Morgan fingerprint density at radius 2 is 1.95 bits per heavy atom. The fourth-order valence-electron chi connectivity index (χ4n) is 1.56. The summed E-state index contributed by atoms with van der Waals surface area (Å²) in [6, 6.07) is 0. The van der Waals surface area contributed by atoms with Crippen molar-refractivity contribution in [3.05, 3.63) is 16.5 Å². The monoisotopic (exact) mass is 285 g/mol. The summed E-state index contributed by atoms with van der Waals surface area (Å²) in [5.74, 6) is 1.48. The first-order valence-electron chi connectivity index (χ1n) is 6.72. The van der Waals surface area contributed by atoms with Gasteiger partial charge in [-0.1, -0.05) is 39.3 Å². The zero-order valence-corrected chi connectivity index (χ0v) is 13.2. The summed E-state index contributed by atoms with van der Waals surface area (Å²) in [5, 5.41) is 13.3. The van der Waals surface area contributed by atoms with Gasteiger partial charge in [0.2, 0.25) is 0 Å². The SMILES string of the molecule is CCC(O)CCNc1nc(C(C)(C)C)nc(Cl)c1C. The molecule has 0 spiro atoms. The first kappa shape index (κ1) is 16.2. The van der Waals surface area contributed by atoms with Gasteiger partial charge in [0.05, 0.1) is 6.10 Å². The molecule has 4 nitrogen and oxygen atoms in total. The number of hydrogen-bond donors (Lipinski definition) is 2. The Balaban J connectivity index is 2.85. The van der Waals surface area contributed by atoms with Crippen molar-refractivity contribution in [3.63, 3.8) is 0 Å². The minimum atomic E-state index is -0.271. The lowest BCUT2D eigenvalue weighted by atomic mass is 9.95. The van der Waals surface area contributed by atoms with Gasteiger partial charge in [0.15, 0.2) is 0 Å². The number of aromatic nitrogens is 2. The molecule has 2 N–H and O–H groups in total. The number of rotatable bonds is 5. The van der Waals surface area contributed by atoms with Crippen LogP contribution in [0.15, 0.2) is 0 Å². The zero-order valence-electron chi connectivity index (χ0n) is 12.4. The van der Waals surface area contributed by atoms with Crippen molar-refractivity contribution < 1.29 is 5.11 Å². The predicted molar refractivity (Wildman–Crippen MR) is 79.9 cm³/mol. The molecule has 0 aliphatic heterocycles. The molecule has 5 heteroatoms. The standard InChI is InChI=1S/C14H24ClN3O/c1-6-10(19)7-8-16-12-9(2)11(15)17-13(18-12)14(3,4)5/h10,19H,6-8H2,1-5H3,(H,16,17,18). The summed E-state index contributed by atoms with van der Waals surface area (Å²) in [5.41, 5.74) is 0.706. The predicted octanol–water partition coefficient (Wildman–Crippen LogP) is 3.31. The van der Waals surface area contributed by atoms with Gasteiger partial charge in [-0.05, 0) is 19.8 Å². The first-order valence-corrected chi connectivity index (χ1v) is 7.10. The van der Waals surface area contributed by atoms with Gasteiger partial charge >= 0.3 is 0 Å². The van der Waals surface area contributed by atoms with Crippen LogP contribution in [0.4, 0.5) is 5.82 Å². The summed E-state index contributed by atoms with van der Waals surface area (Å²) in [4.78, 5) is 8.87. The lowest BCUT2D eigenvalue weighted by Gasteiger charge is -2.19. The Kier molecular flexibility index (Phi) is 5.56. The molecule has 0 aliphatic rings. The highest BCUT2D eigenvalue weighted by molar-refractivity contribution is 6.30. The van der Waals surface area contributed by atoms with Gasteiger partial charge in [-0.15, -0.1) is 0 Å². The van der Waals surface area contributed by atoms with Gasteiger partial charge in [0.25, 0.3) is 0 Å². The first-order chi connectivity index (χ1) is 8.75. The lowest BCUT2D eigenvalue weighted by Crippen LogP contribution is -2.19. The van der Waals surface area contributed by atoms with E-state index in [4.69, 9.17) is 11.6 Å². The fraction of sp³-hybridized carbons (Fsp3) is 0.714. The van der Waals surface area contributed by atoms with E-state index >= 15 is 0 Å². The lowest BCUT2D eigenvalue weighted by molar-refractivity contribution is 0.164. The number of hydrogen-bond acceptors (Lipinski definition) is 4. The Hall–Kier alpha value is -0.870. The van der Waals surface area contributed by atoms with Crippen molar-refractivity contribution in [2.24, 2.45) is 0 Å². The van der Waals surface area contributed by atoms with Gasteiger partial charge in [0, 0.05) is 17.5 Å². The smallest absolute Gasteiger partial charge is 0.137 e. The van der Waals surface area contributed by atoms with E-state index in [0.717, 1.165) is 23.6 Å². The molecule has 1 unspecified atom stereocenters. The molecule has 0 saturated heterocycles. The Morgan fingerprint density at radius 3 is 2.47 bits per heavy atom. The molecule has 0 fully saturated rings. The topological polar surface area (TPSA) is 58.0 Å². The van der Waals surface area contributed by atoms with Crippen LogP contribution in [0.25, 0.3) is 0 Å². The minimum absolute atomic E-state index is 0.142. The summed E-state index contributed by atoms with van der Waals surface area (Å²) >= 11 is 6.15. The van der Waals surface area contributed by atoms with E-state index in [-0.39, 0.29) is 11.5 Å². The average Bonchev–Trinajstić information content (AvgIpc) is 2.32. The number of aliphatic hydroxyl groups is 1. The number of anilines is 1. The van der Waals surface area contributed by atoms with Gasteiger partial charge < -0.3 is 10.4 Å². The number of nitrogens with zero attached hydrogens (tertiary/aromatic N) is 2. The van der Waals surface area contributed by atoms with Crippen LogP contribution in [-0.2, 0) is 5.41 Å². The molecule has 0 saturated carbocycles. The van der Waals surface area contributed by atoms with Crippen molar-refractivity contribution in [1.29, 1.82) is 0 Å². The molecular formula is C14H24ClN3O. The second-order valence-electron chi connectivity index (χ2n) is 5.84. The van der Waals surface area contributed by atoms with Crippen LogP contribution in [-0.4, -0.2) is 27.7 Å². The number of halogens is 1. The van der Waals surface area contributed by atoms with Crippen LogP contribution in [0.2, 0.25) is 5.15 Å². The normalized spacial score (nSPS) is 13.4. The van der Waals surface area contributed by atoms with Gasteiger partial charge in [-0.25, -0.2) is 9.97 Å². The molecule has 0 aromatic carbocycles. The van der Waals surface area contributed by atoms with E-state index in [2.05, 4.69) is 36.1 Å². The summed E-state index contributed by atoms with van der Waals surface area (Å²) < 4.78 is 0. The maximum Gasteiger partial charge on any atom is 0.137 e. The highest BCUT2D eigenvalue weighted by Gasteiger charge is 2.20. The van der Waals surface area contributed by atoms with Crippen LogP contribution in [0.5, 0.6) is 0 Å². The molecule has 0 bridgehead atoms. The highest BCUT2D eigenvalue weighted by atomic mass is 35.5. The molecule has 108 valence electrons. The zero-order chi connectivity index (χ0) is 14.6. The second-order valence-corrected chi connectivity index (χ2v) is 6.20. The molecule has 1 rings (SSSR count). The maximum absolute atomic E-state index is 9.54. The van der Waals surface area contributed by atoms with Crippen molar-refractivity contribution in [2.75, 3.05) is 11.9 Å². The third-order valence-electron chi connectivity index (χ3n) is 3.00. The van der Waals surface area contributed by atoms with Crippen molar-refractivity contribution >= 4 is 17.4 Å². The molecule has 19 heavy (non-hydrogen) atoms. The molecule has 0 radical (unpaired) electrons. The highest BCUT2D eigenvalue weighted by Crippen LogP contribution is 2.26. The third kappa shape index (κ3) is 4.62. The van der Waals surface area contributed by atoms with E-state index < -0.39 is 0 Å². The molecule has 0 aliphatic carbocycles. The maximum atomic E-state index is 9.54. The van der Waals surface area contributed by atoms with Crippen molar-refractivity contribution in [2.45, 2.75) is 59.0 Å². The van der Waals surface area contributed by atoms with E-state index in [1.54, 1.807) is 0 Å². The van der Waals surface area contributed by atoms with Gasteiger partial charge in [-0.2, -0.15) is 0 Å². The van der Waals surface area contributed by atoms with Crippen molar-refractivity contribution in [1.82, 2.24) is 9.97 Å². The van der Waals surface area contributed by atoms with Crippen molar-refractivity contribution in [3.8, 4) is 0 Å². The molecule has 1 atom stereocenters. The van der Waals surface area contributed by atoms with Crippen LogP contribution >= 0.6 is 11.6 Å². The van der Waals surface area contributed by atoms with E-state index in [0.29, 0.717) is 18.1 Å². The van der Waals surface area contributed by atoms with E-state index in [1.807, 2.05) is 13.8 Å². The average molecular weight is 286 g/mol. The third-order valence-corrected chi connectivity index (χ3v) is 3.37. The number of aliphatic hydroxyl groups excluding tert-OH is 1. The Labute approximate surface area is 120 Å².